The summed E-state index contributed by atoms with van der Waals surface area (Å²) in [5, 5.41) is 0. The summed E-state index contributed by atoms with van der Waals surface area (Å²) < 4.78 is 0. The van der Waals surface area contributed by atoms with Crippen LogP contribution in [0.25, 0.3) is 12.2 Å². The van der Waals surface area contributed by atoms with Gasteiger partial charge in [-0.3, -0.25) is 0 Å². The predicted molar refractivity (Wildman–Crippen MR) is 441 cm³/mol. The molecule has 0 saturated carbocycles. The Morgan fingerprint density at radius 3 is 0.627 bits per heavy atom. The van der Waals surface area contributed by atoms with E-state index in [1.807, 2.05) is 12.1 Å². The first-order valence-corrected chi connectivity index (χ1v) is 35.5. The molecule has 0 heterocycles. The second-order valence-electron chi connectivity index (χ2n) is 26.6. The second-order valence-corrected chi connectivity index (χ2v) is 26.6. The molecular weight excluding hydrogens is 1230 g/mol. The van der Waals surface area contributed by atoms with Crippen molar-refractivity contribution in [2.45, 2.75) is 82.1 Å². The van der Waals surface area contributed by atoms with Gasteiger partial charge in [0.1, 0.15) is 0 Å². The van der Waals surface area contributed by atoms with Crippen LogP contribution in [0.1, 0.15) is 77.9 Å². The summed E-state index contributed by atoms with van der Waals surface area (Å²) in [6, 6.07) is 125. The first-order valence-electron chi connectivity index (χ1n) is 35.5. The van der Waals surface area contributed by atoms with Crippen molar-refractivity contribution in [2.75, 3.05) is 19.6 Å². The fourth-order valence-corrected chi connectivity index (χ4v) is 12.1. The van der Waals surface area contributed by atoms with E-state index in [1.54, 1.807) is 0 Å². The maximum atomic E-state index is 2.33. The van der Waals surface area contributed by atoms with Crippen molar-refractivity contribution in [3.05, 3.63) is 430 Å². The van der Waals surface area contributed by atoms with Gasteiger partial charge in [-0.15, -0.1) is 0 Å². The third-order valence-corrected chi connectivity index (χ3v) is 18.4. The molecule has 0 aromatic heterocycles. The third kappa shape index (κ3) is 19.7. The first kappa shape index (κ1) is 71.3. The fourth-order valence-electron chi connectivity index (χ4n) is 12.1. The average Bonchev–Trinajstić information content (AvgIpc) is 0.834. The third-order valence-electron chi connectivity index (χ3n) is 18.4. The summed E-state index contributed by atoms with van der Waals surface area (Å²) in [6.07, 6.45) is 6.44. The fraction of sp³-hybridized carbons (Fsp3) is 0.122. The van der Waals surface area contributed by atoms with Crippen molar-refractivity contribution in [2.24, 2.45) is 0 Å². The highest BCUT2D eigenvalue weighted by atomic mass is 15.2. The van der Waals surface area contributed by atoms with Crippen LogP contribution in [0.4, 0.5) is 68.2 Å². The van der Waals surface area contributed by atoms with E-state index in [1.165, 1.54) is 129 Å². The monoisotopic (exact) mass is 1330 g/mol. The van der Waals surface area contributed by atoms with Crippen LogP contribution in [0.15, 0.2) is 352 Å². The molecule has 0 N–H and O–H groups in total. The quantitative estimate of drug-likeness (QED) is 0.0843. The van der Waals surface area contributed by atoms with Gasteiger partial charge in [-0.25, -0.2) is 0 Å². The second kappa shape index (κ2) is 35.2. The van der Waals surface area contributed by atoms with Gasteiger partial charge in [0.05, 0.1) is 0 Å². The van der Waals surface area contributed by atoms with Crippen molar-refractivity contribution < 1.29 is 0 Å². The highest BCUT2D eigenvalue weighted by molar-refractivity contribution is 5.81. The zero-order chi connectivity index (χ0) is 71.2. The zero-order valence-corrected chi connectivity index (χ0v) is 60.8. The van der Waals surface area contributed by atoms with E-state index < -0.39 is 0 Å². The summed E-state index contributed by atoms with van der Waals surface area (Å²) in [4.78, 5) is 9.19. The minimum atomic E-state index is 1.06. The molecular formula is C98H94N4. The standard InChI is InChI=1S/C27H25N.C27H23N.C23H25N.C21H21N/c2*1-22-12-14-23(15-13-22)16-17-24-18-20-27(21-19-24)28(25-8-4-2-5-9-25)26-10-6-3-7-11-26;1-16-6-10-21(11-7-16)24(22-12-8-17(2)19(4)14-22)23-13-9-18(3)20(5)15-23;1-16-4-10-19(11-5-16)22(20-12-6-17(2)7-13-20)21-14-8-18(3)9-15-21/h2-15,18-21H,16-17H2,1H3;2-21H,1H3;6-15H,1-5H3;4-15H,1-3H3/b;17-16+;;. The molecule has 14 aromatic rings. The number of hydrogen-bond donors (Lipinski definition) is 0. The van der Waals surface area contributed by atoms with E-state index in [0.717, 1.165) is 29.9 Å². The largest absolute Gasteiger partial charge is 0.311 e. The molecule has 0 aliphatic heterocycles. The number of benzene rings is 14. The summed E-state index contributed by atoms with van der Waals surface area (Å²) in [5.41, 5.74) is 32.2. The minimum absolute atomic E-state index is 1.06. The molecule has 14 rings (SSSR count). The topological polar surface area (TPSA) is 13.0 Å². The van der Waals surface area contributed by atoms with Gasteiger partial charge >= 0.3 is 0 Å². The van der Waals surface area contributed by atoms with Crippen LogP contribution in [-0.2, 0) is 12.8 Å². The van der Waals surface area contributed by atoms with E-state index in [0.29, 0.717) is 0 Å². The molecule has 0 atom stereocenters. The van der Waals surface area contributed by atoms with Crippen LogP contribution in [0.2, 0.25) is 0 Å². The Morgan fingerprint density at radius 2 is 0.363 bits per heavy atom. The molecule has 4 nitrogen and oxygen atoms in total. The van der Waals surface area contributed by atoms with Gasteiger partial charge < -0.3 is 19.6 Å². The van der Waals surface area contributed by atoms with Crippen LogP contribution < -0.4 is 19.6 Å². The van der Waals surface area contributed by atoms with E-state index >= 15 is 0 Å². The molecule has 0 saturated heterocycles. The summed E-state index contributed by atoms with van der Waals surface area (Å²) in [5.74, 6) is 0. The highest BCUT2D eigenvalue weighted by Crippen LogP contribution is 2.40. The summed E-state index contributed by atoms with van der Waals surface area (Å²) in [7, 11) is 0. The van der Waals surface area contributed by atoms with Gasteiger partial charge in [0.2, 0.25) is 0 Å². The van der Waals surface area contributed by atoms with E-state index in [-0.39, 0.29) is 0 Å². The van der Waals surface area contributed by atoms with Gasteiger partial charge in [0.15, 0.2) is 0 Å². The van der Waals surface area contributed by atoms with Crippen LogP contribution in [-0.4, -0.2) is 0 Å². The molecule has 0 amide bonds. The summed E-state index contributed by atoms with van der Waals surface area (Å²) in [6.45, 7) is 21.4. The highest BCUT2D eigenvalue weighted by Gasteiger charge is 2.17. The first-order chi connectivity index (χ1) is 49.7. The number of hydrogen-bond acceptors (Lipinski definition) is 4. The molecule has 0 radical (unpaired) electrons. The molecule has 0 spiro atoms. The van der Waals surface area contributed by atoms with E-state index in [2.05, 4.69) is 441 Å². The van der Waals surface area contributed by atoms with Gasteiger partial charge in [-0.1, -0.05) is 252 Å². The van der Waals surface area contributed by atoms with Crippen molar-refractivity contribution in [3.63, 3.8) is 0 Å². The molecule has 506 valence electrons. The SMILES string of the molecule is Cc1ccc(/C=C/c2ccc(N(c3ccccc3)c3ccccc3)cc2)cc1.Cc1ccc(CCc2ccc(N(c3ccccc3)c3ccccc3)cc2)cc1.Cc1ccc(N(c2ccc(C)c(C)c2)c2ccc(C)c(C)c2)cc1.Cc1ccc(N(c2ccc(C)cc2)c2ccc(C)cc2)cc1. The number of para-hydroxylation sites is 4. The smallest absolute Gasteiger partial charge is 0.0464 e. The molecule has 102 heavy (non-hydrogen) atoms. The lowest BCUT2D eigenvalue weighted by atomic mass is 10.0. The van der Waals surface area contributed by atoms with E-state index in [9.17, 15) is 0 Å². The van der Waals surface area contributed by atoms with Crippen LogP contribution >= 0.6 is 0 Å². The van der Waals surface area contributed by atoms with Crippen molar-refractivity contribution in [1.29, 1.82) is 0 Å². The Morgan fingerprint density at radius 1 is 0.176 bits per heavy atom. The Labute approximate surface area is 608 Å². The average molecular weight is 1330 g/mol. The summed E-state index contributed by atoms with van der Waals surface area (Å²) >= 11 is 0. The van der Waals surface area contributed by atoms with Gasteiger partial charge in [-0.2, -0.15) is 0 Å². The van der Waals surface area contributed by atoms with Gasteiger partial charge in [0, 0.05) is 68.2 Å². The van der Waals surface area contributed by atoms with Crippen LogP contribution in [0.5, 0.6) is 0 Å². The Hall–Kier alpha value is -12.0. The van der Waals surface area contributed by atoms with Crippen molar-refractivity contribution in [3.8, 4) is 0 Å². The maximum Gasteiger partial charge on any atom is 0.0464 e. The zero-order valence-electron chi connectivity index (χ0n) is 60.8. The maximum absolute atomic E-state index is 2.33. The Balaban J connectivity index is 0.000000137. The predicted octanol–water partition coefficient (Wildman–Crippen LogP) is 27.7. The van der Waals surface area contributed by atoms with E-state index in [4.69, 9.17) is 0 Å². The lowest BCUT2D eigenvalue weighted by Crippen LogP contribution is -2.10. The van der Waals surface area contributed by atoms with Crippen LogP contribution in [0, 0.1) is 69.2 Å². The van der Waals surface area contributed by atoms with Crippen molar-refractivity contribution >= 4 is 80.4 Å². The van der Waals surface area contributed by atoms with Gasteiger partial charge in [0.25, 0.3) is 0 Å². The molecule has 0 aliphatic rings. The normalized spacial score (nSPS) is 10.7. The molecule has 0 unspecified atom stereocenters. The number of rotatable bonds is 17. The number of aryl methyl sites for hydroxylation is 12. The van der Waals surface area contributed by atoms with Crippen molar-refractivity contribution in [1.82, 2.24) is 0 Å². The lowest BCUT2D eigenvalue weighted by molar-refractivity contribution is 0.959. The number of nitrogens with zero attached hydrogens (tertiary/aromatic N) is 4. The molecule has 0 aliphatic carbocycles. The number of anilines is 12. The lowest BCUT2D eigenvalue weighted by Gasteiger charge is -2.27. The molecule has 0 bridgehead atoms. The molecule has 0 fully saturated rings. The molecule has 14 aromatic carbocycles. The molecule has 4 heteroatoms. The minimum Gasteiger partial charge on any atom is -0.311 e. The Kier molecular flexibility index (Phi) is 24.6. The van der Waals surface area contributed by atoms with Gasteiger partial charge in [-0.05, 0) is 272 Å². The van der Waals surface area contributed by atoms with Crippen LogP contribution in [0.3, 0.4) is 0 Å². The Bertz CT molecular complexity index is 4640.